The van der Waals surface area contributed by atoms with Gasteiger partial charge in [0.2, 0.25) is 5.91 Å². The molecule has 3 N–H and O–H groups in total. The molecule has 0 saturated carbocycles. The van der Waals surface area contributed by atoms with Gasteiger partial charge in [-0.3, -0.25) is 9.69 Å². The Hall–Kier alpha value is -1.43. The fourth-order valence-corrected chi connectivity index (χ4v) is 4.29. The molecule has 0 aromatic heterocycles. The molecule has 8 nitrogen and oxygen atoms in total. The van der Waals surface area contributed by atoms with Gasteiger partial charge in [-0.25, -0.2) is 4.99 Å². The summed E-state index contributed by atoms with van der Waals surface area (Å²) in [5.74, 6) is 0.643. The van der Waals surface area contributed by atoms with E-state index in [4.69, 9.17) is 4.74 Å². The van der Waals surface area contributed by atoms with Crippen LogP contribution in [-0.4, -0.2) is 92.9 Å². The SMILES string of the molecule is CN(C)C(=O)CN=C(NCC1(CCO)CCOC1)NC1CCN(Cc2ccccc2)CC1.I. The third kappa shape index (κ3) is 9.03. The summed E-state index contributed by atoms with van der Waals surface area (Å²) in [6.45, 7) is 5.32. The average Bonchev–Trinajstić information content (AvgIpc) is 3.26. The van der Waals surface area contributed by atoms with E-state index in [1.165, 1.54) is 5.56 Å². The molecule has 1 aromatic rings. The number of likely N-dealkylation sites (tertiary alicyclic amines) is 1. The van der Waals surface area contributed by atoms with Crippen molar-refractivity contribution < 1.29 is 14.6 Å². The first kappa shape index (κ1) is 27.8. The standard InChI is InChI=1S/C24H39N5O3.HI/c1-28(2)22(31)16-25-23(26-18-24(10-14-30)11-15-32-19-24)27-21-8-12-29(13-9-21)17-20-6-4-3-5-7-20;/h3-7,21,30H,8-19H2,1-2H3,(H2,25,26,27);1H. The fourth-order valence-electron chi connectivity index (χ4n) is 4.29. The number of carbonyl (C=O) groups is 1. The van der Waals surface area contributed by atoms with Crippen LogP contribution in [0.3, 0.4) is 0 Å². The summed E-state index contributed by atoms with van der Waals surface area (Å²) < 4.78 is 5.61. The van der Waals surface area contributed by atoms with E-state index in [1.807, 2.05) is 0 Å². The van der Waals surface area contributed by atoms with Crippen molar-refractivity contribution in [2.75, 3.05) is 60.1 Å². The first-order valence-electron chi connectivity index (χ1n) is 11.7. The summed E-state index contributed by atoms with van der Waals surface area (Å²) in [6, 6.07) is 10.9. The number of likely N-dealkylation sites (N-methyl/N-ethyl adjacent to an activating group) is 1. The molecule has 0 bridgehead atoms. The number of hydrogen-bond acceptors (Lipinski definition) is 5. The first-order chi connectivity index (χ1) is 15.5. The van der Waals surface area contributed by atoms with Crippen LogP contribution in [0.2, 0.25) is 0 Å². The summed E-state index contributed by atoms with van der Waals surface area (Å²) in [4.78, 5) is 20.7. The number of halogens is 1. The van der Waals surface area contributed by atoms with E-state index < -0.39 is 0 Å². The Kier molecular flexibility index (Phi) is 11.9. The van der Waals surface area contributed by atoms with E-state index in [0.29, 0.717) is 31.6 Å². The molecule has 0 spiro atoms. The molecule has 2 aliphatic rings. The Morgan fingerprint density at radius 1 is 1.27 bits per heavy atom. The average molecular weight is 574 g/mol. The van der Waals surface area contributed by atoms with Crippen LogP contribution in [0, 0.1) is 5.41 Å². The zero-order chi connectivity index (χ0) is 22.8. The smallest absolute Gasteiger partial charge is 0.243 e. The first-order valence-corrected chi connectivity index (χ1v) is 11.7. The van der Waals surface area contributed by atoms with Crippen LogP contribution < -0.4 is 10.6 Å². The van der Waals surface area contributed by atoms with E-state index >= 15 is 0 Å². The maximum atomic E-state index is 12.1. The van der Waals surface area contributed by atoms with Crippen molar-refractivity contribution in [3.8, 4) is 0 Å². The van der Waals surface area contributed by atoms with Crippen LogP contribution in [0.25, 0.3) is 0 Å². The minimum Gasteiger partial charge on any atom is -0.396 e. The van der Waals surface area contributed by atoms with Gasteiger partial charge in [-0.1, -0.05) is 30.3 Å². The Bertz CT molecular complexity index is 733. The van der Waals surface area contributed by atoms with Gasteiger partial charge in [-0.15, -0.1) is 24.0 Å². The number of rotatable bonds is 9. The highest BCUT2D eigenvalue weighted by atomic mass is 127. The van der Waals surface area contributed by atoms with Crippen molar-refractivity contribution in [3.05, 3.63) is 35.9 Å². The van der Waals surface area contributed by atoms with E-state index in [0.717, 1.165) is 45.5 Å². The van der Waals surface area contributed by atoms with Gasteiger partial charge in [0, 0.05) is 64.9 Å². The highest BCUT2D eigenvalue weighted by Gasteiger charge is 2.34. The molecule has 1 aromatic carbocycles. The molecule has 3 rings (SSSR count). The van der Waals surface area contributed by atoms with Crippen LogP contribution >= 0.6 is 24.0 Å². The number of carbonyl (C=O) groups excluding carboxylic acids is 1. The summed E-state index contributed by atoms with van der Waals surface area (Å²) in [5.41, 5.74) is 1.26. The van der Waals surface area contributed by atoms with Crippen molar-refractivity contribution in [1.29, 1.82) is 0 Å². The second-order valence-electron chi connectivity index (χ2n) is 9.26. The summed E-state index contributed by atoms with van der Waals surface area (Å²) >= 11 is 0. The molecular formula is C24H40IN5O3. The van der Waals surface area contributed by atoms with Gasteiger partial charge in [0.15, 0.2) is 5.96 Å². The second kappa shape index (κ2) is 14.1. The van der Waals surface area contributed by atoms with Gasteiger partial charge in [0.1, 0.15) is 6.54 Å². The van der Waals surface area contributed by atoms with E-state index in [-0.39, 0.29) is 48.5 Å². The summed E-state index contributed by atoms with van der Waals surface area (Å²) in [7, 11) is 3.49. The Labute approximate surface area is 215 Å². The van der Waals surface area contributed by atoms with E-state index in [9.17, 15) is 9.90 Å². The third-order valence-corrected chi connectivity index (χ3v) is 6.51. The molecule has 33 heavy (non-hydrogen) atoms. The molecular weight excluding hydrogens is 533 g/mol. The van der Waals surface area contributed by atoms with Gasteiger partial charge < -0.3 is 25.4 Å². The van der Waals surface area contributed by atoms with Gasteiger partial charge in [0.05, 0.1) is 6.61 Å². The van der Waals surface area contributed by atoms with Crippen molar-refractivity contribution in [2.45, 2.75) is 38.3 Å². The minimum atomic E-state index is -0.0815. The molecule has 2 aliphatic heterocycles. The number of piperidine rings is 1. The molecule has 2 heterocycles. The van der Waals surface area contributed by atoms with Gasteiger partial charge in [-0.2, -0.15) is 0 Å². The number of aliphatic hydroxyl groups excluding tert-OH is 1. The van der Waals surface area contributed by atoms with E-state index in [2.05, 4.69) is 50.9 Å². The molecule has 2 fully saturated rings. The maximum Gasteiger partial charge on any atom is 0.243 e. The number of nitrogens with one attached hydrogen (secondary N) is 2. The van der Waals surface area contributed by atoms with Gasteiger partial charge in [-0.05, 0) is 31.2 Å². The zero-order valence-electron chi connectivity index (χ0n) is 20.0. The monoisotopic (exact) mass is 573 g/mol. The number of aliphatic imine (C=N–C) groups is 1. The molecule has 186 valence electrons. The van der Waals surface area contributed by atoms with Crippen molar-refractivity contribution in [3.63, 3.8) is 0 Å². The van der Waals surface area contributed by atoms with Crippen LogP contribution in [0.1, 0.15) is 31.2 Å². The molecule has 0 aliphatic carbocycles. The van der Waals surface area contributed by atoms with Crippen molar-refractivity contribution in [1.82, 2.24) is 20.4 Å². The van der Waals surface area contributed by atoms with Crippen LogP contribution in [0.5, 0.6) is 0 Å². The quantitative estimate of drug-likeness (QED) is 0.237. The van der Waals surface area contributed by atoms with Gasteiger partial charge in [0.25, 0.3) is 0 Å². The molecule has 2 saturated heterocycles. The van der Waals surface area contributed by atoms with E-state index in [1.54, 1.807) is 19.0 Å². The lowest BCUT2D eigenvalue weighted by Crippen LogP contribution is -2.51. The number of amides is 1. The highest BCUT2D eigenvalue weighted by molar-refractivity contribution is 14.0. The number of benzene rings is 1. The number of nitrogens with zero attached hydrogens (tertiary/aromatic N) is 3. The zero-order valence-corrected chi connectivity index (χ0v) is 22.3. The second-order valence-corrected chi connectivity index (χ2v) is 9.26. The van der Waals surface area contributed by atoms with Gasteiger partial charge >= 0.3 is 0 Å². The fraction of sp³-hybridized carbons (Fsp3) is 0.667. The highest BCUT2D eigenvalue weighted by Crippen LogP contribution is 2.31. The molecule has 1 atom stereocenters. The van der Waals surface area contributed by atoms with Crippen molar-refractivity contribution >= 4 is 35.8 Å². The van der Waals surface area contributed by atoms with Crippen LogP contribution in [-0.2, 0) is 16.1 Å². The predicted molar refractivity (Wildman–Crippen MR) is 142 cm³/mol. The summed E-state index contributed by atoms with van der Waals surface area (Å²) in [6.07, 6.45) is 3.67. The number of aliphatic hydroxyl groups is 1. The lowest BCUT2D eigenvalue weighted by Gasteiger charge is -2.34. The predicted octanol–water partition coefficient (Wildman–Crippen LogP) is 1.68. The largest absolute Gasteiger partial charge is 0.396 e. The summed E-state index contributed by atoms with van der Waals surface area (Å²) in [5, 5.41) is 16.5. The molecule has 1 amide bonds. The third-order valence-electron chi connectivity index (χ3n) is 6.51. The number of guanidine groups is 1. The number of ether oxygens (including phenoxy) is 1. The van der Waals surface area contributed by atoms with Crippen molar-refractivity contribution in [2.24, 2.45) is 10.4 Å². The number of hydrogen-bond donors (Lipinski definition) is 3. The minimum absolute atomic E-state index is 0. The Morgan fingerprint density at radius 2 is 2.00 bits per heavy atom. The van der Waals surface area contributed by atoms with Crippen LogP contribution in [0.4, 0.5) is 0 Å². The molecule has 9 heteroatoms. The lowest BCUT2D eigenvalue weighted by atomic mass is 9.84. The molecule has 0 radical (unpaired) electrons. The molecule has 1 unspecified atom stereocenters. The Morgan fingerprint density at radius 3 is 2.61 bits per heavy atom. The lowest BCUT2D eigenvalue weighted by molar-refractivity contribution is -0.127. The topological polar surface area (TPSA) is 89.4 Å². The van der Waals surface area contributed by atoms with Crippen LogP contribution in [0.15, 0.2) is 35.3 Å². The normalized spacial score (nSPS) is 22.0. The Balaban J connectivity index is 0.00000385. The maximum absolute atomic E-state index is 12.1.